The van der Waals surface area contributed by atoms with Gasteiger partial charge >= 0.3 is 0 Å². The van der Waals surface area contributed by atoms with E-state index in [9.17, 15) is 0 Å². The average molecular weight is 182 g/mol. The van der Waals surface area contributed by atoms with Crippen molar-refractivity contribution in [1.29, 1.82) is 0 Å². The molecule has 0 aromatic rings. The highest BCUT2D eigenvalue weighted by molar-refractivity contribution is 6.36. The lowest BCUT2D eigenvalue weighted by Crippen LogP contribution is -2.32. The highest BCUT2D eigenvalue weighted by Gasteiger charge is 2.34. The van der Waals surface area contributed by atoms with Crippen LogP contribution >= 0.6 is 0 Å². The summed E-state index contributed by atoms with van der Waals surface area (Å²) in [5.74, 6) is 1.62. The molecule has 2 atom stereocenters. The fraction of sp³-hybridized carbons (Fsp3) is 1.00. The SMILES string of the molecule is CBC(C(C)C(C)(C)C)C(C)(C)C. The Morgan fingerprint density at radius 1 is 0.846 bits per heavy atom. The Bertz CT molecular complexity index is 147. The van der Waals surface area contributed by atoms with Crippen LogP contribution in [-0.2, 0) is 0 Å². The predicted octanol–water partition coefficient (Wildman–Crippen LogP) is 3.99. The van der Waals surface area contributed by atoms with Crippen molar-refractivity contribution in [2.24, 2.45) is 16.7 Å². The molecule has 0 aromatic heterocycles. The molecule has 13 heavy (non-hydrogen) atoms. The maximum Gasteiger partial charge on any atom is 0.122 e. The molecule has 0 fully saturated rings. The molecule has 0 N–H and O–H groups in total. The van der Waals surface area contributed by atoms with Gasteiger partial charge in [0, 0.05) is 0 Å². The Labute approximate surface area is 85.7 Å². The molecule has 0 aromatic carbocycles. The van der Waals surface area contributed by atoms with Crippen LogP contribution in [0.1, 0.15) is 48.5 Å². The maximum absolute atomic E-state index is 2.40. The third kappa shape index (κ3) is 3.75. The van der Waals surface area contributed by atoms with Crippen LogP contribution in [0.2, 0.25) is 12.6 Å². The van der Waals surface area contributed by atoms with Crippen LogP contribution in [-0.4, -0.2) is 7.28 Å². The third-order valence-corrected chi connectivity index (χ3v) is 3.52. The Morgan fingerprint density at radius 3 is 1.31 bits per heavy atom. The van der Waals surface area contributed by atoms with Gasteiger partial charge < -0.3 is 0 Å². The molecule has 0 radical (unpaired) electrons. The summed E-state index contributed by atoms with van der Waals surface area (Å²) in [6.07, 6.45) is 0. The van der Waals surface area contributed by atoms with Gasteiger partial charge in [0.25, 0.3) is 0 Å². The molecule has 0 saturated heterocycles. The standard InChI is InChI=1S/C12H27B/c1-9(11(2,3)4)10(13-8)12(5,6)7/h9-10,13H,1-8H3. The van der Waals surface area contributed by atoms with E-state index < -0.39 is 0 Å². The molecule has 0 amide bonds. The molecule has 78 valence electrons. The van der Waals surface area contributed by atoms with Crippen LogP contribution < -0.4 is 0 Å². The molecule has 0 rings (SSSR count). The van der Waals surface area contributed by atoms with Gasteiger partial charge in [-0.25, -0.2) is 0 Å². The van der Waals surface area contributed by atoms with Gasteiger partial charge in [-0.05, 0) is 16.7 Å². The molecule has 0 aliphatic carbocycles. The van der Waals surface area contributed by atoms with Gasteiger partial charge in [0.05, 0.1) is 0 Å². The Balaban J connectivity index is 4.61. The summed E-state index contributed by atoms with van der Waals surface area (Å²) in [5, 5.41) is 0. The molecule has 0 aliphatic rings. The largest absolute Gasteiger partial charge is 0.122 e. The van der Waals surface area contributed by atoms with E-state index in [1.165, 1.54) is 7.28 Å². The fourth-order valence-corrected chi connectivity index (χ4v) is 2.32. The summed E-state index contributed by atoms with van der Waals surface area (Å²) in [7, 11) is 1.29. The van der Waals surface area contributed by atoms with Crippen molar-refractivity contribution in [1.82, 2.24) is 0 Å². The van der Waals surface area contributed by atoms with E-state index in [0.717, 1.165) is 11.7 Å². The molecule has 0 nitrogen and oxygen atoms in total. The van der Waals surface area contributed by atoms with E-state index >= 15 is 0 Å². The highest BCUT2D eigenvalue weighted by atomic mass is 14.4. The second kappa shape index (κ2) is 4.06. The first kappa shape index (κ1) is 13.1. The first-order valence-corrected chi connectivity index (χ1v) is 5.60. The van der Waals surface area contributed by atoms with Crippen LogP contribution in [0.25, 0.3) is 0 Å². The number of hydrogen-bond acceptors (Lipinski definition) is 0. The van der Waals surface area contributed by atoms with E-state index in [0.29, 0.717) is 10.8 Å². The zero-order chi connectivity index (χ0) is 10.9. The van der Waals surface area contributed by atoms with E-state index in [1.807, 2.05) is 0 Å². The molecule has 2 unspecified atom stereocenters. The highest BCUT2D eigenvalue weighted by Crippen LogP contribution is 2.44. The summed E-state index contributed by atoms with van der Waals surface area (Å²) in [4.78, 5) is 0. The third-order valence-electron chi connectivity index (χ3n) is 3.52. The smallest absolute Gasteiger partial charge is 0.0891 e. The van der Waals surface area contributed by atoms with Crippen LogP contribution in [0.3, 0.4) is 0 Å². The number of rotatable bonds is 2. The summed E-state index contributed by atoms with van der Waals surface area (Å²) < 4.78 is 0. The van der Waals surface area contributed by atoms with Crippen molar-refractivity contribution in [2.75, 3.05) is 0 Å². The summed E-state index contributed by atoms with van der Waals surface area (Å²) >= 11 is 0. The minimum atomic E-state index is 0.438. The topological polar surface area (TPSA) is 0 Å². The maximum atomic E-state index is 2.40. The lowest BCUT2D eigenvalue weighted by molar-refractivity contribution is 0.182. The van der Waals surface area contributed by atoms with Crippen LogP contribution in [0.15, 0.2) is 0 Å². The minimum absolute atomic E-state index is 0.438. The van der Waals surface area contributed by atoms with Gasteiger partial charge in [-0.3, -0.25) is 0 Å². The summed E-state index contributed by atoms with van der Waals surface area (Å²) in [5.41, 5.74) is 0.884. The molecule has 0 aliphatic heterocycles. The lowest BCUT2D eigenvalue weighted by Gasteiger charge is -2.41. The fourth-order valence-electron chi connectivity index (χ4n) is 2.32. The van der Waals surface area contributed by atoms with Crippen molar-refractivity contribution < 1.29 is 0 Å². The van der Waals surface area contributed by atoms with Gasteiger partial charge in [0.15, 0.2) is 0 Å². The van der Waals surface area contributed by atoms with Gasteiger partial charge in [-0.2, -0.15) is 0 Å². The van der Waals surface area contributed by atoms with Crippen molar-refractivity contribution in [3.8, 4) is 0 Å². The second-order valence-electron chi connectivity index (χ2n) is 6.54. The zero-order valence-corrected chi connectivity index (χ0v) is 10.9. The second-order valence-corrected chi connectivity index (χ2v) is 6.54. The molecule has 0 saturated carbocycles. The van der Waals surface area contributed by atoms with Crippen molar-refractivity contribution in [2.45, 2.75) is 61.1 Å². The monoisotopic (exact) mass is 182 g/mol. The lowest BCUT2D eigenvalue weighted by atomic mass is 9.48. The van der Waals surface area contributed by atoms with E-state index in [1.54, 1.807) is 0 Å². The van der Waals surface area contributed by atoms with Crippen molar-refractivity contribution >= 4 is 7.28 Å². The van der Waals surface area contributed by atoms with Crippen LogP contribution in [0.4, 0.5) is 0 Å². The van der Waals surface area contributed by atoms with E-state index in [2.05, 4.69) is 55.3 Å². The van der Waals surface area contributed by atoms with Crippen molar-refractivity contribution in [3.63, 3.8) is 0 Å². The minimum Gasteiger partial charge on any atom is -0.0891 e. The van der Waals surface area contributed by atoms with Crippen LogP contribution in [0.5, 0.6) is 0 Å². The normalized spacial score (nSPS) is 18.2. The molecule has 0 spiro atoms. The Kier molecular flexibility index (Phi) is 4.08. The average Bonchev–Trinajstić information content (AvgIpc) is 1.83. The van der Waals surface area contributed by atoms with Gasteiger partial charge in [0.1, 0.15) is 7.28 Å². The van der Waals surface area contributed by atoms with Crippen molar-refractivity contribution in [3.05, 3.63) is 0 Å². The molecule has 0 bridgehead atoms. The number of hydrogen-bond donors (Lipinski definition) is 0. The Hall–Kier alpha value is 0.0649. The van der Waals surface area contributed by atoms with Gasteiger partial charge in [0.2, 0.25) is 0 Å². The zero-order valence-electron chi connectivity index (χ0n) is 10.9. The first-order valence-electron chi connectivity index (χ1n) is 5.60. The van der Waals surface area contributed by atoms with E-state index in [4.69, 9.17) is 0 Å². The van der Waals surface area contributed by atoms with E-state index in [-0.39, 0.29) is 0 Å². The Morgan fingerprint density at radius 2 is 1.23 bits per heavy atom. The molecular formula is C12H27B. The quantitative estimate of drug-likeness (QED) is 0.566. The molecular weight excluding hydrogens is 155 g/mol. The van der Waals surface area contributed by atoms with Gasteiger partial charge in [-0.15, -0.1) is 0 Å². The first-order chi connectivity index (χ1) is 5.60. The van der Waals surface area contributed by atoms with Gasteiger partial charge in [-0.1, -0.05) is 61.1 Å². The van der Waals surface area contributed by atoms with Crippen LogP contribution in [0, 0.1) is 16.7 Å². The predicted molar refractivity (Wildman–Crippen MR) is 64.8 cm³/mol. The summed E-state index contributed by atoms with van der Waals surface area (Å²) in [6, 6.07) is 0. The molecule has 1 heteroatoms. The summed E-state index contributed by atoms with van der Waals surface area (Å²) in [6.45, 7) is 18.9. The molecule has 0 heterocycles.